The Morgan fingerprint density at radius 1 is 0.938 bits per heavy atom. The van der Waals surface area contributed by atoms with E-state index in [2.05, 4.69) is 0 Å². The van der Waals surface area contributed by atoms with Crippen LogP contribution in [0.3, 0.4) is 0 Å². The standard InChI is InChI=1S/C25H17Cl3O4/c1-13-3-5-15(6-4-13)24-25(23(30)18-11-19(27)14(2)9-22(18)32-24)31-12-21(29)17-8-7-16(26)10-20(17)28/h3-11H,12H2,1-2H3. The maximum atomic E-state index is 13.3. The Labute approximate surface area is 199 Å². The van der Waals surface area contributed by atoms with Gasteiger partial charge >= 0.3 is 0 Å². The van der Waals surface area contributed by atoms with E-state index in [9.17, 15) is 9.59 Å². The van der Waals surface area contributed by atoms with Gasteiger partial charge in [-0.25, -0.2) is 0 Å². The number of hydrogen-bond acceptors (Lipinski definition) is 4. The molecule has 1 aromatic heterocycles. The number of ketones is 1. The Bertz CT molecular complexity index is 1410. The highest BCUT2D eigenvalue weighted by Gasteiger charge is 2.21. The molecule has 0 amide bonds. The summed E-state index contributed by atoms with van der Waals surface area (Å²) in [5.74, 6) is -0.234. The summed E-state index contributed by atoms with van der Waals surface area (Å²) in [6, 6.07) is 15.3. The van der Waals surface area contributed by atoms with Crippen molar-refractivity contribution in [1.29, 1.82) is 0 Å². The van der Waals surface area contributed by atoms with Crippen molar-refractivity contribution < 1.29 is 13.9 Å². The first-order valence-corrected chi connectivity index (χ1v) is 10.8. The molecule has 0 atom stereocenters. The maximum Gasteiger partial charge on any atom is 0.235 e. The van der Waals surface area contributed by atoms with Gasteiger partial charge in [0.2, 0.25) is 17.0 Å². The second-order valence-electron chi connectivity index (χ2n) is 7.39. The van der Waals surface area contributed by atoms with Crippen molar-refractivity contribution >= 4 is 51.6 Å². The fourth-order valence-electron chi connectivity index (χ4n) is 3.26. The van der Waals surface area contributed by atoms with Gasteiger partial charge in [-0.2, -0.15) is 0 Å². The largest absolute Gasteiger partial charge is 0.478 e. The summed E-state index contributed by atoms with van der Waals surface area (Å²) in [7, 11) is 0. The highest BCUT2D eigenvalue weighted by Crippen LogP contribution is 2.33. The van der Waals surface area contributed by atoms with Crippen molar-refractivity contribution in [2.75, 3.05) is 6.61 Å². The number of hydrogen-bond donors (Lipinski definition) is 0. The number of benzene rings is 3. The van der Waals surface area contributed by atoms with Crippen molar-refractivity contribution in [3.8, 4) is 17.1 Å². The Hall–Kier alpha value is -2.79. The van der Waals surface area contributed by atoms with Gasteiger partial charge in [0.15, 0.2) is 12.4 Å². The molecule has 4 nitrogen and oxygen atoms in total. The first-order valence-electron chi connectivity index (χ1n) is 9.69. The van der Waals surface area contributed by atoms with Crippen molar-refractivity contribution in [1.82, 2.24) is 0 Å². The molecule has 0 spiro atoms. The van der Waals surface area contributed by atoms with Crippen LogP contribution in [-0.4, -0.2) is 12.4 Å². The molecule has 0 N–H and O–H groups in total. The lowest BCUT2D eigenvalue weighted by atomic mass is 10.1. The fraction of sp³-hybridized carbons (Fsp3) is 0.120. The average Bonchev–Trinajstić information content (AvgIpc) is 2.75. The van der Waals surface area contributed by atoms with Crippen molar-refractivity contribution in [2.45, 2.75) is 13.8 Å². The average molecular weight is 488 g/mol. The van der Waals surface area contributed by atoms with Crippen LogP contribution in [-0.2, 0) is 0 Å². The minimum absolute atomic E-state index is 0.0697. The second-order valence-corrected chi connectivity index (χ2v) is 8.64. The molecule has 1 heterocycles. The number of carbonyl (C=O) groups excluding carboxylic acids is 1. The van der Waals surface area contributed by atoms with Crippen LogP contribution in [0, 0.1) is 13.8 Å². The van der Waals surface area contributed by atoms with E-state index >= 15 is 0 Å². The van der Waals surface area contributed by atoms with Gasteiger partial charge in [0.1, 0.15) is 5.58 Å². The fourth-order valence-corrected chi connectivity index (χ4v) is 3.93. The van der Waals surface area contributed by atoms with E-state index in [1.807, 2.05) is 38.1 Å². The van der Waals surface area contributed by atoms with E-state index in [1.165, 1.54) is 12.1 Å². The molecule has 3 aromatic carbocycles. The van der Waals surface area contributed by atoms with Crippen molar-refractivity contribution in [3.63, 3.8) is 0 Å². The molecular weight excluding hydrogens is 471 g/mol. The Balaban J connectivity index is 1.80. The summed E-state index contributed by atoms with van der Waals surface area (Å²) in [5.41, 5.74) is 2.68. The molecule has 0 aliphatic carbocycles. The van der Waals surface area contributed by atoms with Gasteiger partial charge in [-0.3, -0.25) is 9.59 Å². The monoisotopic (exact) mass is 486 g/mol. The summed E-state index contributed by atoms with van der Waals surface area (Å²) in [6.07, 6.45) is 0. The molecule has 4 rings (SSSR count). The summed E-state index contributed by atoms with van der Waals surface area (Å²) >= 11 is 18.3. The molecule has 0 radical (unpaired) electrons. The number of carbonyl (C=O) groups is 1. The molecule has 0 unspecified atom stereocenters. The van der Waals surface area contributed by atoms with E-state index < -0.39 is 17.8 Å². The van der Waals surface area contributed by atoms with E-state index in [1.54, 1.807) is 18.2 Å². The molecular formula is C25H17Cl3O4. The first kappa shape index (κ1) is 22.4. The molecule has 0 aliphatic rings. The summed E-state index contributed by atoms with van der Waals surface area (Å²) in [6.45, 7) is 3.37. The maximum absolute atomic E-state index is 13.3. The zero-order valence-corrected chi connectivity index (χ0v) is 19.4. The lowest BCUT2D eigenvalue weighted by Crippen LogP contribution is -2.17. The van der Waals surface area contributed by atoms with Gasteiger partial charge in [-0.1, -0.05) is 64.6 Å². The Kier molecular flexibility index (Phi) is 6.29. The predicted octanol–water partition coefficient (Wildman–Crippen LogP) is 7.30. The molecule has 0 aliphatic heterocycles. The number of aryl methyl sites for hydroxylation is 2. The van der Waals surface area contributed by atoms with E-state index in [4.69, 9.17) is 44.0 Å². The third-order valence-corrected chi connectivity index (χ3v) is 5.98. The zero-order valence-electron chi connectivity index (χ0n) is 17.2. The minimum atomic E-state index is -0.418. The molecule has 162 valence electrons. The van der Waals surface area contributed by atoms with Crippen LogP contribution in [0.2, 0.25) is 15.1 Å². The normalized spacial score (nSPS) is 11.0. The van der Waals surface area contributed by atoms with E-state index in [-0.39, 0.29) is 27.5 Å². The van der Waals surface area contributed by atoms with Crippen LogP contribution >= 0.6 is 34.8 Å². The Morgan fingerprint density at radius 3 is 2.34 bits per heavy atom. The van der Waals surface area contributed by atoms with E-state index in [0.29, 0.717) is 21.2 Å². The number of rotatable bonds is 5. The van der Waals surface area contributed by atoms with Gasteiger partial charge in [-0.05, 0) is 49.7 Å². The summed E-state index contributed by atoms with van der Waals surface area (Å²) in [4.78, 5) is 26.0. The Morgan fingerprint density at radius 2 is 1.66 bits per heavy atom. The van der Waals surface area contributed by atoms with Crippen LogP contribution in [0.25, 0.3) is 22.3 Å². The number of fused-ring (bicyclic) bond motifs is 1. The lowest BCUT2D eigenvalue weighted by Gasteiger charge is -2.13. The molecule has 0 fully saturated rings. The molecule has 0 saturated carbocycles. The number of Topliss-reactive ketones (excluding diaryl/α,β-unsaturated/α-hetero) is 1. The van der Waals surface area contributed by atoms with Crippen LogP contribution in [0.4, 0.5) is 0 Å². The molecule has 0 bridgehead atoms. The van der Waals surface area contributed by atoms with Crippen molar-refractivity contribution in [2.24, 2.45) is 0 Å². The second kappa shape index (κ2) is 8.99. The van der Waals surface area contributed by atoms with E-state index in [0.717, 1.165) is 11.1 Å². The third kappa shape index (κ3) is 4.40. The van der Waals surface area contributed by atoms with Gasteiger partial charge in [0, 0.05) is 21.2 Å². The molecule has 7 heteroatoms. The summed E-state index contributed by atoms with van der Waals surface area (Å²) in [5, 5.41) is 1.32. The van der Waals surface area contributed by atoms with Crippen molar-refractivity contribution in [3.05, 3.63) is 96.6 Å². The smallest absolute Gasteiger partial charge is 0.235 e. The molecule has 4 aromatic rings. The highest BCUT2D eigenvalue weighted by molar-refractivity contribution is 6.36. The predicted molar refractivity (Wildman–Crippen MR) is 129 cm³/mol. The third-order valence-electron chi connectivity index (χ3n) is 5.02. The first-order chi connectivity index (χ1) is 15.2. The molecule has 32 heavy (non-hydrogen) atoms. The van der Waals surface area contributed by atoms with Gasteiger partial charge in [0.05, 0.1) is 10.4 Å². The lowest BCUT2D eigenvalue weighted by molar-refractivity contribution is 0.0920. The number of halogens is 3. The quantitative estimate of drug-likeness (QED) is 0.277. The zero-order chi connectivity index (χ0) is 23.0. The number of ether oxygens (including phenoxy) is 1. The van der Waals surface area contributed by atoms with Crippen LogP contribution < -0.4 is 10.2 Å². The summed E-state index contributed by atoms with van der Waals surface area (Å²) < 4.78 is 11.8. The van der Waals surface area contributed by atoms with Crippen LogP contribution in [0.15, 0.2) is 63.8 Å². The van der Waals surface area contributed by atoms with Gasteiger partial charge in [0.25, 0.3) is 0 Å². The highest BCUT2D eigenvalue weighted by atomic mass is 35.5. The van der Waals surface area contributed by atoms with Crippen LogP contribution in [0.1, 0.15) is 21.5 Å². The SMILES string of the molecule is Cc1ccc(-c2oc3cc(C)c(Cl)cc3c(=O)c2OCC(=O)c2ccc(Cl)cc2Cl)cc1. The van der Waals surface area contributed by atoms with Crippen LogP contribution in [0.5, 0.6) is 5.75 Å². The topological polar surface area (TPSA) is 56.5 Å². The minimum Gasteiger partial charge on any atom is -0.478 e. The molecule has 0 saturated heterocycles. The van der Waals surface area contributed by atoms with Gasteiger partial charge in [-0.15, -0.1) is 0 Å². The van der Waals surface area contributed by atoms with Gasteiger partial charge < -0.3 is 9.15 Å².